The van der Waals surface area contributed by atoms with Gasteiger partial charge in [0.2, 0.25) is 0 Å². The zero-order valence-electron chi connectivity index (χ0n) is 11.0. The Morgan fingerprint density at radius 2 is 2.47 bits per heavy atom. The van der Waals surface area contributed by atoms with Crippen molar-refractivity contribution in [2.45, 2.75) is 18.9 Å². The number of ether oxygens (including phenoxy) is 1. The van der Waals surface area contributed by atoms with Crippen LogP contribution < -0.4 is 5.32 Å². The average Bonchev–Trinajstić information content (AvgIpc) is 3.05. The van der Waals surface area contributed by atoms with Crippen molar-refractivity contribution in [3.63, 3.8) is 0 Å². The van der Waals surface area contributed by atoms with Crippen molar-refractivity contribution in [3.8, 4) is 0 Å². The van der Waals surface area contributed by atoms with E-state index in [9.17, 15) is 4.79 Å². The van der Waals surface area contributed by atoms with E-state index >= 15 is 0 Å². The number of thiophene rings is 1. The van der Waals surface area contributed by atoms with Crippen LogP contribution in [-0.2, 0) is 4.74 Å². The SMILES string of the molecule is COCCN(CC1CCCN1)C(=O)c1ccc(Cl)s1. The lowest BCUT2D eigenvalue weighted by atomic mass is 10.2. The summed E-state index contributed by atoms with van der Waals surface area (Å²) in [5, 5.41) is 3.42. The van der Waals surface area contributed by atoms with Crippen LogP contribution in [0.5, 0.6) is 0 Å². The van der Waals surface area contributed by atoms with Gasteiger partial charge in [0.1, 0.15) is 0 Å². The number of rotatable bonds is 6. The largest absolute Gasteiger partial charge is 0.383 e. The van der Waals surface area contributed by atoms with Crippen LogP contribution in [0.1, 0.15) is 22.5 Å². The molecule has 1 atom stereocenters. The second kappa shape index (κ2) is 7.24. The highest BCUT2D eigenvalue weighted by Gasteiger charge is 2.23. The lowest BCUT2D eigenvalue weighted by molar-refractivity contribution is 0.0684. The highest BCUT2D eigenvalue weighted by atomic mass is 35.5. The molecule has 1 N–H and O–H groups in total. The van der Waals surface area contributed by atoms with E-state index < -0.39 is 0 Å². The molecule has 1 aromatic rings. The second-order valence-electron chi connectivity index (χ2n) is 4.64. The molecule has 2 rings (SSSR count). The van der Waals surface area contributed by atoms with Crippen molar-refractivity contribution in [2.24, 2.45) is 0 Å². The fourth-order valence-electron chi connectivity index (χ4n) is 2.24. The van der Waals surface area contributed by atoms with Crippen molar-refractivity contribution in [2.75, 3.05) is 33.4 Å². The molecule has 0 bridgehead atoms. The molecule has 19 heavy (non-hydrogen) atoms. The van der Waals surface area contributed by atoms with Gasteiger partial charge < -0.3 is 15.0 Å². The summed E-state index contributed by atoms with van der Waals surface area (Å²) in [6, 6.07) is 3.95. The Bertz CT molecular complexity index is 419. The summed E-state index contributed by atoms with van der Waals surface area (Å²) in [6.07, 6.45) is 2.31. The van der Waals surface area contributed by atoms with E-state index in [0.717, 1.165) is 19.5 Å². The van der Waals surface area contributed by atoms with Crippen LogP contribution in [0.25, 0.3) is 0 Å². The third kappa shape index (κ3) is 4.18. The van der Waals surface area contributed by atoms with Crippen molar-refractivity contribution in [3.05, 3.63) is 21.3 Å². The monoisotopic (exact) mass is 302 g/mol. The molecule has 1 unspecified atom stereocenters. The lowest BCUT2D eigenvalue weighted by Crippen LogP contribution is -2.42. The van der Waals surface area contributed by atoms with Crippen LogP contribution in [0.15, 0.2) is 12.1 Å². The first kappa shape index (κ1) is 14.8. The first-order valence-corrected chi connectivity index (χ1v) is 7.67. The Morgan fingerprint density at radius 1 is 1.63 bits per heavy atom. The lowest BCUT2D eigenvalue weighted by Gasteiger charge is -2.25. The molecule has 6 heteroatoms. The molecule has 106 valence electrons. The molecule has 0 radical (unpaired) electrons. The summed E-state index contributed by atoms with van der Waals surface area (Å²) in [6.45, 7) is 2.94. The topological polar surface area (TPSA) is 41.6 Å². The van der Waals surface area contributed by atoms with Crippen molar-refractivity contribution in [1.29, 1.82) is 0 Å². The predicted octanol–water partition coefficient (Wildman–Crippen LogP) is 2.24. The zero-order valence-corrected chi connectivity index (χ0v) is 12.6. The fraction of sp³-hybridized carbons (Fsp3) is 0.615. The van der Waals surface area contributed by atoms with Gasteiger partial charge in [-0.15, -0.1) is 11.3 Å². The normalized spacial score (nSPS) is 18.7. The third-order valence-corrected chi connectivity index (χ3v) is 4.46. The smallest absolute Gasteiger partial charge is 0.264 e. The Hall–Kier alpha value is -0.620. The van der Waals surface area contributed by atoms with Gasteiger partial charge >= 0.3 is 0 Å². The number of carbonyl (C=O) groups is 1. The summed E-state index contributed by atoms with van der Waals surface area (Å²) in [4.78, 5) is 15.0. The average molecular weight is 303 g/mol. The molecule has 1 aliphatic rings. The van der Waals surface area contributed by atoms with Gasteiger partial charge in [0.25, 0.3) is 5.91 Å². The molecule has 0 aromatic carbocycles. The second-order valence-corrected chi connectivity index (χ2v) is 6.36. The summed E-state index contributed by atoms with van der Waals surface area (Å²) >= 11 is 7.22. The van der Waals surface area contributed by atoms with Crippen LogP contribution in [0.2, 0.25) is 4.34 Å². The number of hydrogen-bond acceptors (Lipinski definition) is 4. The van der Waals surface area contributed by atoms with Gasteiger partial charge in [0, 0.05) is 26.2 Å². The number of hydrogen-bond donors (Lipinski definition) is 1. The minimum Gasteiger partial charge on any atom is -0.383 e. The standard InChI is InChI=1S/C13H19ClN2O2S/c1-18-8-7-16(9-10-3-2-6-15-10)13(17)11-4-5-12(14)19-11/h4-5,10,15H,2-3,6-9H2,1H3. The van der Waals surface area contributed by atoms with Gasteiger partial charge in [-0.25, -0.2) is 0 Å². The number of nitrogens with zero attached hydrogens (tertiary/aromatic N) is 1. The fourth-order valence-corrected chi connectivity index (χ4v) is 3.25. The number of nitrogens with one attached hydrogen (secondary N) is 1. The molecular formula is C13H19ClN2O2S. The Morgan fingerprint density at radius 3 is 3.05 bits per heavy atom. The van der Waals surface area contributed by atoms with Crippen LogP contribution in [0.4, 0.5) is 0 Å². The summed E-state index contributed by atoms with van der Waals surface area (Å²) in [7, 11) is 1.65. The van der Waals surface area contributed by atoms with Crippen LogP contribution >= 0.6 is 22.9 Å². The van der Waals surface area contributed by atoms with Gasteiger partial charge in [0.15, 0.2) is 0 Å². The first-order valence-electron chi connectivity index (χ1n) is 6.47. The summed E-state index contributed by atoms with van der Waals surface area (Å²) in [5.74, 6) is 0.0441. The first-order chi connectivity index (χ1) is 9.20. The zero-order chi connectivity index (χ0) is 13.7. The minimum absolute atomic E-state index is 0.0441. The quantitative estimate of drug-likeness (QED) is 0.876. The molecule has 1 aliphatic heterocycles. The maximum Gasteiger partial charge on any atom is 0.264 e. The molecule has 2 heterocycles. The summed E-state index contributed by atoms with van der Waals surface area (Å²) < 4.78 is 5.74. The van der Waals surface area contributed by atoms with Gasteiger partial charge in [-0.05, 0) is 31.5 Å². The molecule has 0 saturated carbocycles. The number of halogens is 1. The van der Waals surface area contributed by atoms with Crippen molar-refractivity contribution < 1.29 is 9.53 Å². The van der Waals surface area contributed by atoms with E-state index in [2.05, 4.69) is 5.32 Å². The van der Waals surface area contributed by atoms with Crippen molar-refractivity contribution >= 4 is 28.8 Å². The molecule has 0 aliphatic carbocycles. The van der Waals surface area contributed by atoms with Crippen molar-refractivity contribution in [1.82, 2.24) is 10.2 Å². The Kier molecular flexibility index (Phi) is 5.63. The Labute approximate surface area is 122 Å². The number of methoxy groups -OCH3 is 1. The molecule has 1 aromatic heterocycles. The molecule has 0 spiro atoms. The van der Waals surface area contributed by atoms with E-state index in [1.54, 1.807) is 19.2 Å². The molecule has 1 fully saturated rings. The van der Waals surface area contributed by atoms with E-state index in [-0.39, 0.29) is 5.91 Å². The maximum atomic E-state index is 12.4. The molecule has 1 amide bonds. The highest BCUT2D eigenvalue weighted by Crippen LogP contribution is 2.23. The van der Waals surface area contributed by atoms with E-state index in [1.807, 2.05) is 4.90 Å². The number of carbonyl (C=O) groups excluding carboxylic acids is 1. The minimum atomic E-state index is 0.0441. The third-order valence-electron chi connectivity index (χ3n) is 3.24. The maximum absolute atomic E-state index is 12.4. The molecular weight excluding hydrogens is 284 g/mol. The van der Waals surface area contributed by atoms with Gasteiger partial charge in [0.05, 0.1) is 15.8 Å². The Balaban J connectivity index is 2.00. The molecule has 1 saturated heterocycles. The van der Waals surface area contributed by atoms with Gasteiger partial charge in [-0.3, -0.25) is 4.79 Å². The van der Waals surface area contributed by atoms with E-state index in [0.29, 0.717) is 28.4 Å². The van der Waals surface area contributed by atoms with Crippen LogP contribution in [0, 0.1) is 0 Å². The summed E-state index contributed by atoms with van der Waals surface area (Å²) in [5.41, 5.74) is 0. The highest BCUT2D eigenvalue weighted by molar-refractivity contribution is 7.17. The van der Waals surface area contributed by atoms with Gasteiger partial charge in [-0.1, -0.05) is 11.6 Å². The van der Waals surface area contributed by atoms with Gasteiger partial charge in [-0.2, -0.15) is 0 Å². The van der Waals surface area contributed by atoms with Crippen LogP contribution in [0.3, 0.4) is 0 Å². The van der Waals surface area contributed by atoms with E-state index in [1.165, 1.54) is 17.8 Å². The predicted molar refractivity (Wildman–Crippen MR) is 78.1 cm³/mol. The van der Waals surface area contributed by atoms with E-state index in [4.69, 9.17) is 16.3 Å². The molecule has 4 nitrogen and oxygen atoms in total. The van der Waals surface area contributed by atoms with Crippen LogP contribution in [-0.4, -0.2) is 50.2 Å². The number of amides is 1.